The van der Waals surface area contributed by atoms with E-state index in [9.17, 15) is 13.2 Å². The summed E-state index contributed by atoms with van der Waals surface area (Å²) in [6, 6.07) is 21.4. The van der Waals surface area contributed by atoms with Gasteiger partial charge in [0, 0.05) is 29.9 Å². The number of nitrogens with one attached hydrogen (secondary N) is 1. The summed E-state index contributed by atoms with van der Waals surface area (Å²) in [5, 5.41) is 13.6. The first-order valence-electron chi connectivity index (χ1n) is 9.43. The number of pyridine rings is 1. The molecule has 0 fully saturated rings. The van der Waals surface area contributed by atoms with Gasteiger partial charge in [-0.3, -0.25) is 9.78 Å². The molecule has 1 N–H and O–H groups in total. The smallest absolute Gasteiger partial charge is 0.251 e. The number of sulfone groups is 1. The van der Waals surface area contributed by atoms with E-state index in [4.69, 9.17) is 5.26 Å². The average molecular weight is 427 g/mol. The topological polar surface area (TPSA) is 99.9 Å². The normalized spacial score (nSPS) is 11.1. The molecule has 0 aliphatic carbocycles. The van der Waals surface area contributed by atoms with E-state index >= 15 is 0 Å². The first kappa shape index (κ1) is 20.3. The van der Waals surface area contributed by atoms with Crippen molar-refractivity contribution in [2.75, 3.05) is 0 Å². The van der Waals surface area contributed by atoms with Crippen molar-refractivity contribution < 1.29 is 13.2 Å². The number of carbonyl (C=O) groups is 1. The molecule has 0 aliphatic rings. The number of fused-ring (bicyclic) bond motifs is 1. The van der Waals surface area contributed by atoms with E-state index in [1.807, 2.05) is 18.2 Å². The van der Waals surface area contributed by atoms with Crippen LogP contribution in [0.1, 0.15) is 21.5 Å². The Morgan fingerprint density at radius 3 is 2.26 bits per heavy atom. The van der Waals surface area contributed by atoms with Gasteiger partial charge >= 0.3 is 0 Å². The van der Waals surface area contributed by atoms with E-state index in [1.54, 1.807) is 36.7 Å². The molecule has 0 radical (unpaired) electrons. The second-order valence-corrected chi connectivity index (χ2v) is 8.85. The number of aromatic nitrogens is 1. The van der Waals surface area contributed by atoms with Crippen LogP contribution in [-0.2, 0) is 16.4 Å². The fourth-order valence-electron chi connectivity index (χ4n) is 3.14. The van der Waals surface area contributed by atoms with Crippen molar-refractivity contribution in [3.63, 3.8) is 0 Å². The molecule has 1 aromatic heterocycles. The van der Waals surface area contributed by atoms with Gasteiger partial charge in [-0.25, -0.2) is 8.42 Å². The molecule has 0 spiro atoms. The molecule has 6 nitrogen and oxygen atoms in total. The molecule has 0 bridgehead atoms. The Labute approximate surface area is 179 Å². The van der Waals surface area contributed by atoms with Gasteiger partial charge < -0.3 is 5.32 Å². The molecule has 1 amide bonds. The molecule has 3 aromatic carbocycles. The Kier molecular flexibility index (Phi) is 5.48. The monoisotopic (exact) mass is 427 g/mol. The minimum atomic E-state index is -3.68. The van der Waals surface area contributed by atoms with Crippen molar-refractivity contribution in [3.05, 3.63) is 102 Å². The highest BCUT2D eigenvalue weighted by atomic mass is 32.2. The standard InChI is InChI=1S/C24H17N3O3S/c25-14-17-1-7-22(8-2-17)31(29,30)23-9-3-18(4-10-23)15-27-24(28)20-6-5-19-11-12-26-16-21(19)13-20/h1-13,16H,15H2,(H,27,28). The Balaban J connectivity index is 1.45. The van der Waals surface area contributed by atoms with Crippen LogP contribution < -0.4 is 5.32 Å². The minimum absolute atomic E-state index is 0.123. The molecule has 7 heteroatoms. The lowest BCUT2D eigenvalue weighted by Gasteiger charge is -2.08. The third-order valence-electron chi connectivity index (χ3n) is 4.88. The van der Waals surface area contributed by atoms with Gasteiger partial charge in [0.15, 0.2) is 0 Å². The first-order valence-corrected chi connectivity index (χ1v) is 10.9. The molecular formula is C24H17N3O3S. The Morgan fingerprint density at radius 1 is 0.903 bits per heavy atom. The number of hydrogen-bond donors (Lipinski definition) is 1. The van der Waals surface area contributed by atoms with Crippen LogP contribution in [0, 0.1) is 11.3 Å². The van der Waals surface area contributed by atoms with Crippen molar-refractivity contribution in [1.82, 2.24) is 10.3 Å². The highest BCUT2D eigenvalue weighted by molar-refractivity contribution is 7.91. The number of nitrogens with zero attached hydrogens (tertiary/aromatic N) is 2. The van der Waals surface area contributed by atoms with E-state index in [2.05, 4.69) is 10.3 Å². The number of rotatable bonds is 5. The predicted molar refractivity (Wildman–Crippen MR) is 116 cm³/mol. The van der Waals surface area contributed by atoms with E-state index < -0.39 is 9.84 Å². The van der Waals surface area contributed by atoms with Gasteiger partial charge in [0.2, 0.25) is 9.84 Å². The molecule has 0 atom stereocenters. The van der Waals surface area contributed by atoms with Crippen molar-refractivity contribution in [1.29, 1.82) is 5.26 Å². The van der Waals surface area contributed by atoms with Crippen LogP contribution in [0.15, 0.2) is 95.0 Å². The maximum Gasteiger partial charge on any atom is 0.251 e. The average Bonchev–Trinajstić information content (AvgIpc) is 2.82. The number of benzene rings is 3. The van der Waals surface area contributed by atoms with Crippen LogP contribution in [-0.4, -0.2) is 19.3 Å². The Hall–Kier alpha value is -4.02. The summed E-state index contributed by atoms with van der Waals surface area (Å²) in [5.74, 6) is -0.222. The summed E-state index contributed by atoms with van der Waals surface area (Å²) in [6.45, 7) is 0.265. The maximum absolute atomic E-state index is 12.7. The summed E-state index contributed by atoms with van der Waals surface area (Å²) in [6.07, 6.45) is 3.41. The molecule has 1 heterocycles. The molecule has 0 unspecified atom stereocenters. The van der Waals surface area contributed by atoms with Gasteiger partial charge in [0.25, 0.3) is 5.91 Å². The van der Waals surface area contributed by atoms with Crippen molar-refractivity contribution >= 4 is 26.5 Å². The van der Waals surface area contributed by atoms with Crippen LogP contribution in [0.2, 0.25) is 0 Å². The predicted octanol–water partition coefficient (Wildman–Crippen LogP) is 3.87. The van der Waals surface area contributed by atoms with E-state index in [-0.39, 0.29) is 22.2 Å². The summed E-state index contributed by atoms with van der Waals surface area (Å²) < 4.78 is 25.5. The lowest BCUT2D eigenvalue weighted by molar-refractivity contribution is 0.0951. The molecule has 31 heavy (non-hydrogen) atoms. The van der Waals surface area contributed by atoms with Crippen LogP contribution in [0.4, 0.5) is 0 Å². The number of hydrogen-bond acceptors (Lipinski definition) is 5. The highest BCUT2D eigenvalue weighted by Gasteiger charge is 2.17. The van der Waals surface area contributed by atoms with E-state index in [0.29, 0.717) is 11.1 Å². The lowest BCUT2D eigenvalue weighted by atomic mass is 10.1. The van der Waals surface area contributed by atoms with Crippen LogP contribution in [0.3, 0.4) is 0 Å². The quantitative estimate of drug-likeness (QED) is 0.521. The van der Waals surface area contributed by atoms with Crippen molar-refractivity contribution in [2.24, 2.45) is 0 Å². The van der Waals surface area contributed by atoms with Crippen LogP contribution in [0.25, 0.3) is 10.8 Å². The number of amides is 1. The second-order valence-electron chi connectivity index (χ2n) is 6.90. The van der Waals surface area contributed by atoms with Crippen LogP contribution in [0.5, 0.6) is 0 Å². The number of carbonyl (C=O) groups excluding carboxylic acids is 1. The van der Waals surface area contributed by atoms with Gasteiger partial charge in [-0.2, -0.15) is 5.26 Å². The third-order valence-corrected chi connectivity index (χ3v) is 6.67. The van der Waals surface area contributed by atoms with E-state index in [0.717, 1.165) is 16.3 Å². The molecule has 152 valence electrons. The van der Waals surface area contributed by atoms with Crippen molar-refractivity contribution in [2.45, 2.75) is 16.3 Å². The zero-order valence-electron chi connectivity index (χ0n) is 16.3. The summed E-state index contributed by atoms with van der Waals surface area (Å²) >= 11 is 0. The molecule has 0 saturated carbocycles. The van der Waals surface area contributed by atoms with Gasteiger partial charge in [0.05, 0.1) is 21.4 Å². The van der Waals surface area contributed by atoms with Crippen LogP contribution >= 0.6 is 0 Å². The first-order chi connectivity index (χ1) is 15.0. The van der Waals surface area contributed by atoms with Gasteiger partial charge in [-0.05, 0) is 65.5 Å². The third kappa shape index (κ3) is 4.29. The lowest BCUT2D eigenvalue weighted by Crippen LogP contribution is -2.22. The molecule has 4 aromatic rings. The maximum atomic E-state index is 12.7. The molecule has 0 saturated heterocycles. The Morgan fingerprint density at radius 2 is 1.58 bits per heavy atom. The zero-order chi connectivity index (χ0) is 21.8. The van der Waals surface area contributed by atoms with Gasteiger partial charge in [0.1, 0.15) is 0 Å². The van der Waals surface area contributed by atoms with E-state index in [1.165, 1.54) is 36.4 Å². The summed E-state index contributed by atoms with van der Waals surface area (Å²) in [5.41, 5.74) is 1.70. The largest absolute Gasteiger partial charge is 0.348 e. The fraction of sp³-hybridized carbons (Fsp3) is 0.0417. The molecule has 4 rings (SSSR count). The number of nitriles is 1. The Bertz CT molecular complexity index is 1410. The highest BCUT2D eigenvalue weighted by Crippen LogP contribution is 2.21. The zero-order valence-corrected chi connectivity index (χ0v) is 17.1. The van der Waals surface area contributed by atoms with Gasteiger partial charge in [-0.15, -0.1) is 0 Å². The molecular weight excluding hydrogens is 410 g/mol. The van der Waals surface area contributed by atoms with Crippen molar-refractivity contribution in [3.8, 4) is 6.07 Å². The second kappa shape index (κ2) is 8.38. The van der Waals surface area contributed by atoms with Gasteiger partial charge in [-0.1, -0.05) is 18.2 Å². The summed E-state index contributed by atoms with van der Waals surface area (Å²) in [4.78, 5) is 16.8. The summed E-state index contributed by atoms with van der Waals surface area (Å²) in [7, 11) is -3.68. The minimum Gasteiger partial charge on any atom is -0.348 e. The molecule has 0 aliphatic heterocycles. The SMILES string of the molecule is N#Cc1ccc(S(=O)(=O)c2ccc(CNC(=O)c3ccc4ccncc4c3)cc2)cc1. The fourth-order valence-corrected chi connectivity index (χ4v) is 4.40.